The highest BCUT2D eigenvalue weighted by Crippen LogP contribution is 2.35. The van der Waals surface area contributed by atoms with Crippen LogP contribution in [0.3, 0.4) is 0 Å². The smallest absolute Gasteiger partial charge is 0.334 e. The van der Waals surface area contributed by atoms with Crippen LogP contribution in [0.4, 0.5) is 0 Å². The normalized spacial score (nSPS) is 32.5. The summed E-state index contributed by atoms with van der Waals surface area (Å²) in [6, 6.07) is 0. The quantitative estimate of drug-likeness (QED) is 0.754. The van der Waals surface area contributed by atoms with E-state index in [-0.39, 0.29) is 6.10 Å². The van der Waals surface area contributed by atoms with Crippen molar-refractivity contribution in [2.75, 3.05) is 0 Å². The van der Waals surface area contributed by atoms with Gasteiger partial charge in [0.1, 0.15) is 12.2 Å². The maximum absolute atomic E-state index is 11.4. The maximum atomic E-state index is 11.4. The highest BCUT2D eigenvalue weighted by Gasteiger charge is 2.33. The molecule has 0 spiro atoms. The number of aliphatic hydroxyl groups is 1. The van der Waals surface area contributed by atoms with Crippen LogP contribution in [-0.4, -0.2) is 23.3 Å². The molecule has 0 amide bonds. The Kier molecular flexibility index (Phi) is 4.78. The third-order valence-electron chi connectivity index (χ3n) is 3.57. The molecular formula is C13H24O3. The minimum Gasteiger partial charge on any atom is -0.460 e. The van der Waals surface area contributed by atoms with E-state index in [0.717, 1.165) is 12.8 Å². The van der Waals surface area contributed by atoms with Gasteiger partial charge in [0.25, 0.3) is 0 Å². The Hall–Kier alpha value is -0.570. The molecule has 4 atom stereocenters. The van der Waals surface area contributed by atoms with Crippen LogP contribution in [0.1, 0.15) is 47.0 Å². The molecule has 0 aliphatic heterocycles. The van der Waals surface area contributed by atoms with Gasteiger partial charge in [-0.25, -0.2) is 4.79 Å². The fourth-order valence-electron chi connectivity index (χ4n) is 2.50. The first-order valence-electron chi connectivity index (χ1n) is 6.30. The number of carbonyl (C=O) groups is 1. The molecule has 94 valence electrons. The second kappa shape index (κ2) is 5.67. The molecule has 1 unspecified atom stereocenters. The van der Waals surface area contributed by atoms with Crippen LogP contribution in [0, 0.1) is 17.8 Å². The zero-order valence-corrected chi connectivity index (χ0v) is 10.8. The van der Waals surface area contributed by atoms with Gasteiger partial charge in [-0.05, 0) is 37.5 Å². The Morgan fingerprint density at radius 1 is 1.31 bits per heavy atom. The Labute approximate surface area is 98.2 Å². The molecule has 3 nitrogen and oxygen atoms in total. The molecule has 0 radical (unpaired) electrons. The molecule has 1 rings (SSSR count). The Morgan fingerprint density at radius 2 is 1.94 bits per heavy atom. The number of hydrogen-bond acceptors (Lipinski definition) is 3. The standard InChI is InChI=1S/C13H24O3/c1-8(2)11-6-5-9(3)7-12(11)16-13(15)10(4)14/h8-12,14H,5-7H2,1-4H3/t9-,10+,11?,12-/m1/s1. The van der Waals surface area contributed by atoms with Crippen molar-refractivity contribution in [3.8, 4) is 0 Å². The van der Waals surface area contributed by atoms with Crippen LogP contribution < -0.4 is 0 Å². The van der Waals surface area contributed by atoms with Crippen molar-refractivity contribution in [2.24, 2.45) is 17.8 Å². The van der Waals surface area contributed by atoms with Crippen LogP contribution >= 0.6 is 0 Å². The summed E-state index contributed by atoms with van der Waals surface area (Å²) in [5.41, 5.74) is 0. The lowest BCUT2D eigenvalue weighted by Gasteiger charge is -2.36. The van der Waals surface area contributed by atoms with Gasteiger partial charge in [-0.3, -0.25) is 0 Å². The number of carbonyl (C=O) groups excluding carboxylic acids is 1. The van der Waals surface area contributed by atoms with E-state index in [2.05, 4.69) is 20.8 Å². The summed E-state index contributed by atoms with van der Waals surface area (Å²) in [7, 11) is 0. The van der Waals surface area contributed by atoms with Crippen LogP contribution in [0.5, 0.6) is 0 Å². The summed E-state index contributed by atoms with van der Waals surface area (Å²) in [6.07, 6.45) is 2.25. The molecule has 0 heterocycles. The first kappa shape index (κ1) is 13.5. The number of hydrogen-bond donors (Lipinski definition) is 1. The summed E-state index contributed by atoms with van der Waals surface area (Å²) in [6.45, 7) is 7.99. The zero-order valence-electron chi connectivity index (χ0n) is 10.8. The van der Waals surface area contributed by atoms with Gasteiger partial charge in [0.2, 0.25) is 0 Å². The van der Waals surface area contributed by atoms with Crippen LogP contribution in [0.15, 0.2) is 0 Å². The van der Waals surface area contributed by atoms with E-state index in [4.69, 9.17) is 9.84 Å². The van der Waals surface area contributed by atoms with Crippen molar-refractivity contribution in [3.63, 3.8) is 0 Å². The zero-order chi connectivity index (χ0) is 12.3. The van der Waals surface area contributed by atoms with Gasteiger partial charge in [0.15, 0.2) is 0 Å². The fraction of sp³-hybridized carbons (Fsp3) is 0.923. The molecule has 3 heteroatoms. The molecule has 1 N–H and O–H groups in total. The lowest BCUT2D eigenvalue weighted by Crippen LogP contribution is -2.37. The number of aliphatic hydroxyl groups excluding tert-OH is 1. The molecule has 1 saturated carbocycles. The summed E-state index contributed by atoms with van der Waals surface area (Å²) in [5, 5.41) is 9.17. The summed E-state index contributed by atoms with van der Waals surface area (Å²) in [4.78, 5) is 11.4. The predicted molar refractivity (Wildman–Crippen MR) is 62.9 cm³/mol. The monoisotopic (exact) mass is 228 g/mol. The van der Waals surface area contributed by atoms with Crippen molar-refractivity contribution >= 4 is 5.97 Å². The van der Waals surface area contributed by atoms with Crippen molar-refractivity contribution in [1.29, 1.82) is 0 Å². The molecule has 0 aromatic carbocycles. The second-order valence-corrected chi connectivity index (χ2v) is 5.48. The third-order valence-corrected chi connectivity index (χ3v) is 3.57. The van der Waals surface area contributed by atoms with Gasteiger partial charge in [-0.15, -0.1) is 0 Å². The maximum Gasteiger partial charge on any atom is 0.334 e. The molecule has 1 aliphatic carbocycles. The lowest BCUT2D eigenvalue weighted by molar-refractivity contribution is -0.164. The summed E-state index contributed by atoms with van der Waals surface area (Å²) >= 11 is 0. The van der Waals surface area contributed by atoms with E-state index in [0.29, 0.717) is 17.8 Å². The van der Waals surface area contributed by atoms with Crippen LogP contribution in [0.2, 0.25) is 0 Å². The van der Waals surface area contributed by atoms with Gasteiger partial charge >= 0.3 is 5.97 Å². The minimum atomic E-state index is -1.01. The lowest BCUT2D eigenvalue weighted by atomic mass is 9.75. The molecule has 0 bridgehead atoms. The molecule has 0 saturated heterocycles. The SMILES string of the molecule is CC(C)C1CC[C@@H](C)C[C@H]1OC(=O)[C@H](C)O. The first-order chi connectivity index (χ1) is 7.41. The number of rotatable bonds is 3. The molecular weight excluding hydrogens is 204 g/mol. The highest BCUT2D eigenvalue weighted by molar-refractivity contribution is 5.74. The van der Waals surface area contributed by atoms with Gasteiger partial charge in [-0.2, -0.15) is 0 Å². The number of ether oxygens (including phenoxy) is 1. The van der Waals surface area contributed by atoms with Crippen molar-refractivity contribution in [3.05, 3.63) is 0 Å². The van der Waals surface area contributed by atoms with E-state index >= 15 is 0 Å². The molecule has 1 fully saturated rings. The Balaban J connectivity index is 2.61. The van der Waals surface area contributed by atoms with E-state index in [1.165, 1.54) is 13.3 Å². The van der Waals surface area contributed by atoms with Crippen LogP contribution in [0.25, 0.3) is 0 Å². The van der Waals surface area contributed by atoms with Crippen molar-refractivity contribution in [1.82, 2.24) is 0 Å². The van der Waals surface area contributed by atoms with E-state index in [1.807, 2.05) is 0 Å². The Bertz CT molecular complexity index is 235. The van der Waals surface area contributed by atoms with Gasteiger partial charge < -0.3 is 9.84 Å². The fourth-order valence-corrected chi connectivity index (χ4v) is 2.50. The molecule has 0 aromatic heterocycles. The molecule has 16 heavy (non-hydrogen) atoms. The first-order valence-corrected chi connectivity index (χ1v) is 6.30. The van der Waals surface area contributed by atoms with E-state index in [9.17, 15) is 4.79 Å². The van der Waals surface area contributed by atoms with Crippen molar-refractivity contribution in [2.45, 2.75) is 59.2 Å². The third kappa shape index (κ3) is 3.48. The average Bonchev–Trinajstić information content (AvgIpc) is 2.16. The Morgan fingerprint density at radius 3 is 2.44 bits per heavy atom. The average molecular weight is 228 g/mol. The van der Waals surface area contributed by atoms with E-state index in [1.54, 1.807) is 0 Å². The van der Waals surface area contributed by atoms with Crippen molar-refractivity contribution < 1.29 is 14.6 Å². The van der Waals surface area contributed by atoms with Crippen LogP contribution in [-0.2, 0) is 9.53 Å². The second-order valence-electron chi connectivity index (χ2n) is 5.48. The summed E-state index contributed by atoms with van der Waals surface area (Å²) in [5.74, 6) is 1.10. The largest absolute Gasteiger partial charge is 0.460 e. The minimum absolute atomic E-state index is 0.00847. The highest BCUT2D eigenvalue weighted by atomic mass is 16.6. The van der Waals surface area contributed by atoms with E-state index < -0.39 is 12.1 Å². The molecule has 0 aromatic rings. The van der Waals surface area contributed by atoms with Gasteiger partial charge in [0, 0.05) is 0 Å². The summed E-state index contributed by atoms with van der Waals surface area (Å²) < 4.78 is 5.41. The molecule has 1 aliphatic rings. The van der Waals surface area contributed by atoms with Gasteiger partial charge in [0.05, 0.1) is 0 Å². The predicted octanol–water partition coefficient (Wildman–Crippen LogP) is 2.37. The van der Waals surface area contributed by atoms with Gasteiger partial charge in [-0.1, -0.05) is 27.2 Å². The topological polar surface area (TPSA) is 46.5 Å². The number of esters is 1.